The van der Waals surface area contributed by atoms with Crippen molar-refractivity contribution < 1.29 is 8.42 Å². The summed E-state index contributed by atoms with van der Waals surface area (Å²) in [4.78, 5) is 0.206. The van der Waals surface area contributed by atoms with Crippen molar-refractivity contribution in [2.24, 2.45) is 0 Å². The number of nitrogens with zero attached hydrogens (tertiary/aromatic N) is 3. The van der Waals surface area contributed by atoms with Gasteiger partial charge in [0.15, 0.2) is 0 Å². The molecule has 4 rings (SSSR count). The number of rotatable bonds is 5. The van der Waals surface area contributed by atoms with Gasteiger partial charge in [-0.1, -0.05) is 76.7 Å². The van der Waals surface area contributed by atoms with Gasteiger partial charge in [-0.3, -0.25) is 0 Å². The van der Waals surface area contributed by atoms with E-state index in [1.807, 2.05) is 69.3 Å². The Kier molecular flexibility index (Phi) is 6.08. The van der Waals surface area contributed by atoms with Crippen LogP contribution in [-0.4, -0.2) is 23.4 Å². The Morgan fingerprint density at radius 1 is 0.875 bits per heavy atom. The van der Waals surface area contributed by atoms with Crippen molar-refractivity contribution in [3.05, 3.63) is 89.5 Å². The van der Waals surface area contributed by atoms with Crippen LogP contribution in [0.3, 0.4) is 0 Å². The highest BCUT2D eigenvalue weighted by Gasteiger charge is 2.20. The fourth-order valence-corrected chi connectivity index (χ4v) is 4.45. The van der Waals surface area contributed by atoms with Gasteiger partial charge in [0, 0.05) is 0 Å². The van der Waals surface area contributed by atoms with Crippen molar-refractivity contribution in [3.8, 4) is 11.8 Å². The Labute approximate surface area is 188 Å². The third-order valence-corrected chi connectivity index (χ3v) is 6.63. The maximum absolute atomic E-state index is 13.0. The molecule has 0 spiro atoms. The van der Waals surface area contributed by atoms with Crippen LogP contribution >= 0.6 is 0 Å². The van der Waals surface area contributed by atoms with Gasteiger partial charge in [-0.25, -0.2) is 13.1 Å². The molecule has 0 saturated heterocycles. The van der Waals surface area contributed by atoms with Gasteiger partial charge in [-0.05, 0) is 50.6 Å². The zero-order valence-electron chi connectivity index (χ0n) is 18.1. The Bertz CT molecular complexity index is 1400. The van der Waals surface area contributed by atoms with Crippen molar-refractivity contribution >= 4 is 21.1 Å². The summed E-state index contributed by atoms with van der Waals surface area (Å²) in [7, 11) is -3.76. The van der Waals surface area contributed by atoms with E-state index in [0.29, 0.717) is 0 Å². The van der Waals surface area contributed by atoms with E-state index in [-0.39, 0.29) is 10.9 Å². The molecular weight excluding hydrogens is 420 g/mol. The van der Waals surface area contributed by atoms with Gasteiger partial charge in [-0.2, -0.15) is 4.72 Å². The second-order valence-corrected chi connectivity index (χ2v) is 9.48. The van der Waals surface area contributed by atoms with Gasteiger partial charge in [0.25, 0.3) is 0 Å². The average molecular weight is 445 g/mol. The van der Waals surface area contributed by atoms with E-state index in [2.05, 4.69) is 26.9 Å². The first-order valence-electron chi connectivity index (χ1n) is 10.3. The van der Waals surface area contributed by atoms with E-state index >= 15 is 0 Å². The summed E-state index contributed by atoms with van der Waals surface area (Å²) in [6, 6.07) is 21.1. The van der Waals surface area contributed by atoms with Crippen molar-refractivity contribution in [2.45, 2.75) is 37.8 Å². The van der Waals surface area contributed by atoms with Crippen molar-refractivity contribution in [2.75, 3.05) is 0 Å². The summed E-state index contributed by atoms with van der Waals surface area (Å²) in [5.41, 5.74) is 4.52. The lowest BCUT2D eigenvalue weighted by molar-refractivity contribution is 0.574. The SMILES string of the molecule is Cc1ccc(C(C#CC(C)n2nnc3ccccc32)NS(=O)(=O)c2ccc(C)cc2)cc1. The van der Waals surface area contributed by atoms with Crippen LogP contribution in [0.2, 0.25) is 0 Å². The first kappa shape index (κ1) is 21.8. The lowest BCUT2D eigenvalue weighted by Gasteiger charge is -2.15. The standard InChI is InChI=1S/C25H24N4O2S/c1-18-8-13-21(14-9-18)23(27-32(30,31)22-15-10-19(2)11-16-22)17-12-20(3)29-25-7-5-4-6-24(25)26-28-29/h4-11,13-16,20,23,27H,1-3H3. The predicted octanol–water partition coefficient (Wildman–Crippen LogP) is 4.33. The minimum absolute atomic E-state index is 0.206. The minimum atomic E-state index is -3.76. The highest BCUT2D eigenvalue weighted by molar-refractivity contribution is 7.89. The van der Waals surface area contributed by atoms with Crippen LogP contribution < -0.4 is 4.72 Å². The van der Waals surface area contributed by atoms with E-state index in [9.17, 15) is 8.42 Å². The number of fused-ring (bicyclic) bond motifs is 1. The number of hydrogen-bond donors (Lipinski definition) is 1. The average Bonchev–Trinajstić information content (AvgIpc) is 3.21. The van der Waals surface area contributed by atoms with E-state index in [0.717, 1.165) is 27.7 Å². The monoisotopic (exact) mass is 444 g/mol. The van der Waals surface area contributed by atoms with Crippen molar-refractivity contribution in [1.82, 2.24) is 19.7 Å². The molecule has 1 aromatic heterocycles. The molecule has 2 unspecified atom stereocenters. The van der Waals surface area contributed by atoms with E-state index in [1.165, 1.54) is 0 Å². The number of nitrogens with one attached hydrogen (secondary N) is 1. The molecular formula is C25H24N4O2S. The Morgan fingerprint density at radius 3 is 2.19 bits per heavy atom. The van der Waals surface area contributed by atoms with Gasteiger partial charge >= 0.3 is 0 Å². The lowest BCUT2D eigenvalue weighted by Crippen LogP contribution is -2.28. The number of para-hydroxylation sites is 1. The molecule has 0 radical (unpaired) electrons. The molecule has 0 amide bonds. The highest BCUT2D eigenvalue weighted by Crippen LogP contribution is 2.20. The molecule has 1 N–H and O–H groups in total. The van der Waals surface area contributed by atoms with Crippen molar-refractivity contribution in [3.63, 3.8) is 0 Å². The number of hydrogen-bond acceptors (Lipinski definition) is 4. The molecule has 7 heteroatoms. The summed E-state index contributed by atoms with van der Waals surface area (Å²) >= 11 is 0. The maximum atomic E-state index is 13.0. The summed E-state index contributed by atoms with van der Waals surface area (Å²) in [6.45, 7) is 5.81. The van der Waals surface area contributed by atoms with E-state index in [4.69, 9.17) is 0 Å². The molecule has 1 heterocycles. The fourth-order valence-electron chi connectivity index (χ4n) is 3.32. The van der Waals surface area contributed by atoms with Crippen LogP contribution in [0.5, 0.6) is 0 Å². The predicted molar refractivity (Wildman–Crippen MR) is 125 cm³/mol. The van der Waals surface area contributed by atoms with Crippen LogP contribution in [0.15, 0.2) is 77.7 Å². The zero-order valence-corrected chi connectivity index (χ0v) is 19.0. The second kappa shape index (κ2) is 8.95. The first-order valence-corrected chi connectivity index (χ1v) is 11.8. The molecule has 0 aliphatic heterocycles. The number of aromatic nitrogens is 3. The summed E-state index contributed by atoms with van der Waals surface area (Å²) in [5, 5.41) is 8.39. The number of aryl methyl sites for hydroxylation is 2. The summed E-state index contributed by atoms with van der Waals surface area (Å²) in [5.74, 6) is 6.27. The fraction of sp³-hybridized carbons (Fsp3) is 0.200. The summed E-state index contributed by atoms with van der Waals surface area (Å²) < 4.78 is 30.6. The third-order valence-electron chi connectivity index (χ3n) is 5.20. The second-order valence-electron chi connectivity index (χ2n) is 7.77. The molecule has 2 atom stereocenters. The van der Waals surface area contributed by atoms with Crippen LogP contribution in [0.25, 0.3) is 11.0 Å². The molecule has 0 saturated carbocycles. The van der Waals surface area contributed by atoms with Gasteiger partial charge < -0.3 is 0 Å². The molecule has 3 aromatic carbocycles. The highest BCUT2D eigenvalue weighted by atomic mass is 32.2. The van der Waals surface area contributed by atoms with Crippen molar-refractivity contribution in [1.29, 1.82) is 0 Å². The molecule has 0 aliphatic carbocycles. The summed E-state index contributed by atoms with van der Waals surface area (Å²) in [6.07, 6.45) is 0. The smallest absolute Gasteiger partial charge is 0.230 e. The molecule has 4 aromatic rings. The van der Waals surface area contributed by atoms with E-state index in [1.54, 1.807) is 28.9 Å². The van der Waals surface area contributed by atoms with Gasteiger partial charge in [-0.15, -0.1) is 5.10 Å². The zero-order chi connectivity index (χ0) is 22.7. The number of sulfonamides is 1. The van der Waals surface area contributed by atoms with Gasteiger partial charge in [0.05, 0.1) is 10.4 Å². The largest absolute Gasteiger partial charge is 0.241 e. The van der Waals surface area contributed by atoms with Crippen LogP contribution in [0.4, 0.5) is 0 Å². The Morgan fingerprint density at radius 2 is 1.50 bits per heavy atom. The molecule has 0 bridgehead atoms. The Hall–Kier alpha value is -3.47. The minimum Gasteiger partial charge on any atom is -0.230 e. The van der Waals surface area contributed by atoms with Gasteiger partial charge in [0.2, 0.25) is 10.0 Å². The molecule has 32 heavy (non-hydrogen) atoms. The molecule has 162 valence electrons. The molecule has 0 aliphatic rings. The molecule has 0 fully saturated rings. The first-order chi connectivity index (χ1) is 15.3. The van der Waals surface area contributed by atoms with Crippen LogP contribution in [-0.2, 0) is 10.0 Å². The third kappa shape index (κ3) is 4.72. The number of benzene rings is 3. The Balaban J connectivity index is 1.68. The maximum Gasteiger partial charge on any atom is 0.241 e. The van der Waals surface area contributed by atoms with Crippen LogP contribution in [0, 0.1) is 25.7 Å². The quantitative estimate of drug-likeness (QED) is 0.465. The molecule has 6 nitrogen and oxygen atoms in total. The van der Waals surface area contributed by atoms with Gasteiger partial charge in [0.1, 0.15) is 17.6 Å². The normalized spacial score (nSPS) is 13.3. The van der Waals surface area contributed by atoms with E-state index < -0.39 is 16.1 Å². The lowest BCUT2D eigenvalue weighted by atomic mass is 10.1. The topological polar surface area (TPSA) is 76.9 Å². The van der Waals surface area contributed by atoms with Crippen LogP contribution in [0.1, 0.15) is 35.7 Å².